The molecule has 0 aliphatic heterocycles. The molecular formula is C8H6BrClS. The van der Waals surface area contributed by atoms with Gasteiger partial charge in [-0.3, -0.25) is 0 Å². The SMILES string of the molecule is S=C(CBr)c1ccc(Cl)cc1. The van der Waals surface area contributed by atoms with Crippen molar-refractivity contribution < 1.29 is 0 Å². The second-order valence-electron chi connectivity index (χ2n) is 2.06. The van der Waals surface area contributed by atoms with Crippen molar-refractivity contribution in [2.45, 2.75) is 0 Å². The highest BCUT2D eigenvalue weighted by molar-refractivity contribution is 9.09. The molecular weight excluding hydrogens is 244 g/mol. The van der Waals surface area contributed by atoms with Gasteiger partial charge in [0.25, 0.3) is 0 Å². The molecule has 0 N–H and O–H groups in total. The first-order valence-electron chi connectivity index (χ1n) is 3.09. The molecule has 0 amide bonds. The Kier molecular flexibility index (Phi) is 3.49. The monoisotopic (exact) mass is 248 g/mol. The maximum absolute atomic E-state index is 5.70. The summed E-state index contributed by atoms with van der Waals surface area (Å²) in [4.78, 5) is 0.904. The first kappa shape index (κ1) is 9.17. The fraction of sp³-hybridized carbons (Fsp3) is 0.125. The Bertz CT molecular complexity index is 255. The van der Waals surface area contributed by atoms with Gasteiger partial charge in [-0.05, 0) is 17.7 Å². The normalized spacial score (nSPS) is 9.64. The highest BCUT2D eigenvalue weighted by Gasteiger charge is 1.97. The summed E-state index contributed by atoms with van der Waals surface area (Å²) in [5.74, 6) is 0. The molecule has 0 saturated carbocycles. The average Bonchev–Trinajstić information content (AvgIpc) is 2.05. The van der Waals surface area contributed by atoms with Crippen molar-refractivity contribution >= 4 is 44.6 Å². The first-order valence-corrected chi connectivity index (χ1v) is 4.99. The number of halogens is 2. The Labute approximate surface area is 84.7 Å². The van der Waals surface area contributed by atoms with Crippen LogP contribution in [0, 0.1) is 0 Å². The standard InChI is InChI=1S/C8H6BrClS/c9-5-8(11)6-1-3-7(10)4-2-6/h1-4H,5H2. The minimum absolute atomic E-state index is 0.726. The molecule has 1 aromatic carbocycles. The van der Waals surface area contributed by atoms with Crippen LogP contribution in [0.25, 0.3) is 0 Å². The molecule has 1 aromatic rings. The van der Waals surface area contributed by atoms with Crippen LogP contribution < -0.4 is 0 Å². The predicted octanol–water partition coefficient (Wildman–Crippen LogP) is 3.45. The minimum atomic E-state index is 0.726. The average molecular weight is 250 g/mol. The van der Waals surface area contributed by atoms with E-state index in [-0.39, 0.29) is 0 Å². The van der Waals surface area contributed by atoms with E-state index in [0.29, 0.717) is 0 Å². The molecule has 0 radical (unpaired) electrons. The van der Waals surface area contributed by atoms with Gasteiger partial charge in [0.15, 0.2) is 0 Å². The lowest BCUT2D eigenvalue weighted by Crippen LogP contribution is -1.96. The number of hydrogen-bond acceptors (Lipinski definition) is 1. The Morgan fingerprint density at radius 2 is 1.91 bits per heavy atom. The third-order valence-corrected chi connectivity index (χ3v) is 2.85. The smallest absolute Gasteiger partial charge is 0.0406 e. The fourth-order valence-electron chi connectivity index (χ4n) is 0.713. The van der Waals surface area contributed by atoms with Gasteiger partial charge in [0.2, 0.25) is 0 Å². The zero-order valence-corrected chi connectivity index (χ0v) is 8.84. The Balaban J connectivity index is 2.90. The highest BCUT2D eigenvalue weighted by atomic mass is 79.9. The van der Waals surface area contributed by atoms with Crippen LogP contribution in [-0.2, 0) is 0 Å². The van der Waals surface area contributed by atoms with E-state index in [1.165, 1.54) is 0 Å². The molecule has 0 spiro atoms. The topological polar surface area (TPSA) is 0 Å². The summed E-state index contributed by atoms with van der Waals surface area (Å²) >= 11 is 14.1. The Hall–Kier alpha value is 0.0800. The van der Waals surface area contributed by atoms with E-state index in [4.69, 9.17) is 23.8 Å². The van der Waals surface area contributed by atoms with Crippen molar-refractivity contribution in [1.82, 2.24) is 0 Å². The van der Waals surface area contributed by atoms with Gasteiger partial charge < -0.3 is 0 Å². The highest BCUT2D eigenvalue weighted by Crippen LogP contribution is 2.11. The lowest BCUT2D eigenvalue weighted by molar-refractivity contribution is 1.66. The van der Waals surface area contributed by atoms with Crippen molar-refractivity contribution in [2.24, 2.45) is 0 Å². The largest absolute Gasteiger partial charge is 0.0867 e. The second kappa shape index (κ2) is 4.19. The minimum Gasteiger partial charge on any atom is -0.0867 e. The van der Waals surface area contributed by atoms with Gasteiger partial charge in [-0.2, -0.15) is 0 Å². The van der Waals surface area contributed by atoms with E-state index in [1.54, 1.807) is 0 Å². The van der Waals surface area contributed by atoms with Gasteiger partial charge in [-0.25, -0.2) is 0 Å². The first-order chi connectivity index (χ1) is 5.24. The molecule has 0 atom stereocenters. The van der Waals surface area contributed by atoms with Crippen molar-refractivity contribution in [3.05, 3.63) is 34.9 Å². The van der Waals surface area contributed by atoms with E-state index in [0.717, 1.165) is 20.8 Å². The second-order valence-corrected chi connectivity index (χ2v) is 3.55. The molecule has 0 saturated heterocycles. The van der Waals surface area contributed by atoms with Crippen LogP contribution in [-0.4, -0.2) is 10.2 Å². The van der Waals surface area contributed by atoms with Gasteiger partial charge in [-0.1, -0.05) is 51.9 Å². The molecule has 0 nitrogen and oxygen atoms in total. The van der Waals surface area contributed by atoms with Crippen molar-refractivity contribution in [1.29, 1.82) is 0 Å². The van der Waals surface area contributed by atoms with Gasteiger partial charge >= 0.3 is 0 Å². The number of alkyl halides is 1. The van der Waals surface area contributed by atoms with Gasteiger partial charge in [0.1, 0.15) is 0 Å². The molecule has 0 bridgehead atoms. The van der Waals surface area contributed by atoms with Crippen LogP contribution >= 0.6 is 39.7 Å². The molecule has 0 aliphatic carbocycles. The Morgan fingerprint density at radius 3 is 2.36 bits per heavy atom. The summed E-state index contributed by atoms with van der Waals surface area (Å²) in [7, 11) is 0. The molecule has 0 fully saturated rings. The maximum Gasteiger partial charge on any atom is 0.0406 e. The van der Waals surface area contributed by atoms with Crippen LogP contribution in [0.2, 0.25) is 5.02 Å². The number of thiocarbonyl (C=S) groups is 1. The summed E-state index contributed by atoms with van der Waals surface area (Å²) in [6.45, 7) is 0. The molecule has 11 heavy (non-hydrogen) atoms. The zero-order valence-electron chi connectivity index (χ0n) is 5.68. The summed E-state index contributed by atoms with van der Waals surface area (Å²) in [6, 6.07) is 7.52. The van der Waals surface area contributed by atoms with Crippen LogP contribution in [0.4, 0.5) is 0 Å². The Morgan fingerprint density at radius 1 is 1.36 bits per heavy atom. The summed E-state index contributed by atoms with van der Waals surface area (Å²) in [5, 5.41) is 1.47. The molecule has 3 heteroatoms. The van der Waals surface area contributed by atoms with Crippen LogP contribution in [0.15, 0.2) is 24.3 Å². The van der Waals surface area contributed by atoms with E-state index in [9.17, 15) is 0 Å². The summed E-state index contributed by atoms with van der Waals surface area (Å²) in [6.07, 6.45) is 0. The van der Waals surface area contributed by atoms with Crippen LogP contribution in [0.5, 0.6) is 0 Å². The van der Waals surface area contributed by atoms with Gasteiger partial charge in [0.05, 0.1) is 0 Å². The quantitative estimate of drug-likeness (QED) is 0.439. The van der Waals surface area contributed by atoms with E-state index >= 15 is 0 Å². The predicted molar refractivity (Wildman–Crippen MR) is 56.9 cm³/mol. The van der Waals surface area contributed by atoms with Crippen LogP contribution in [0.1, 0.15) is 5.56 Å². The molecule has 0 unspecified atom stereocenters. The van der Waals surface area contributed by atoms with Gasteiger partial charge in [-0.15, -0.1) is 0 Å². The van der Waals surface area contributed by atoms with E-state index in [1.807, 2.05) is 24.3 Å². The van der Waals surface area contributed by atoms with Crippen molar-refractivity contribution in [3.63, 3.8) is 0 Å². The summed E-state index contributed by atoms with van der Waals surface area (Å²) < 4.78 is 0. The molecule has 1 rings (SSSR count). The molecule has 0 aromatic heterocycles. The van der Waals surface area contributed by atoms with Crippen LogP contribution in [0.3, 0.4) is 0 Å². The van der Waals surface area contributed by atoms with E-state index in [2.05, 4.69) is 15.9 Å². The summed E-state index contributed by atoms with van der Waals surface area (Å²) in [5.41, 5.74) is 1.06. The lowest BCUT2D eigenvalue weighted by atomic mass is 10.2. The third-order valence-electron chi connectivity index (χ3n) is 1.29. The van der Waals surface area contributed by atoms with Crippen molar-refractivity contribution in [2.75, 3.05) is 5.33 Å². The molecule has 0 heterocycles. The number of hydrogen-bond donors (Lipinski definition) is 0. The maximum atomic E-state index is 5.70. The van der Waals surface area contributed by atoms with E-state index < -0.39 is 0 Å². The lowest BCUT2D eigenvalue weighted by Gasteiger charge is -1.98. The molecule has 0 aliphatic rings. The number of rotatable bonds is 2. The zero-order chi connectivity index (χ0) is 8.27. The number of benzene rings is 1. The molecule has 58 valence electrons. The fourth-order valence-corrected chi connectivity index (χ4v) is 1.30. The third kappa shape index (κ3) is 2.55. The van der Waals surface area contributed by atoms with Gasteiger partial charge in [0, 0.05) is 15.2 Å². The van der Waals surface area contributed by atoms with Crippen molar-refractivity contribution in [3.8, 4) is 0 Å².